The van der Waals surface area contributed by atoms with Gasteiger partial charge >= 0.3 is 0 Å². The van der Waals surface area contributed by atoms with Crippen molar-refractivity contribution in [1.29, 1.82) is 5.26 Å². The van der Waals surface area contributed by atoms with Gasteiger partial charge in [-0.25, -0.2) is 0 Å². The lowest BCUT2D eigenvalue weighted by Gasteiger charge is -1.97. The molecule has 2 heterocycles. The van der Waals surface area contributed by atoms with Crippen molar-refractivity contribution in [3.05, 3.63) is 28.5 Å². The van der Waals surface area contributed by atoms with E-state index in [4.69, 9.17) is 11.0 Å². The van der Waals surface area contributed by atoms with Crippen LogP contribution in [-0.4, -0.2) is 15.2 Å². The monoisotopic (exact) mass is 263 g/mol. The first-order valence-corrected chi connectivity index (χ1v) is 4.87. The second-order valence-corrected chi connectivity index (χ2v) is 3.64. The third kappa shape index (κ3) is 1.69. The van der Waals surface area contributed by atoms with E-state index in [1.54, 1.807) is 18.3 Å². The van der Waals surface area contributed by atoms with Crippen LogP contribution in [0.25, 0.3) is 11.4 Å². The number of H-pyrrole nitrogens is 1. The first kappa shape index (κ1) is 9.68. The Morgan fingerprint density at radius 3 is 2.80 bits per heavy atom. The van der Waals surface area contributed by atoms with Gasteiger partial charge in [-0.1, -0.05) is 0 Å². The number of nitriles is 1. The van der Waals surface area contributed by atoms with E-state index >= 15 is 0 Å². The molecule has 0 amide bonds. The minimum Gasteiger partial charge on any atom is -0.397 e. The summed E-state index contributed by atoms with van der Waals surface area (Å²) in [5, 5.41) is 15.3. The summed E-state index contributed by atoms with van der Waals surface area (Å²) in [5.74, 6) is 0. The van der Waals surface area contributed by atoms with Gasteiger partial charge in [-0.3, -0.25) is 10.1 Å². The maximum Gasteiger partial charge on any atom is 0.177 e. The number of rotatable bonds is 1. The van der Waals surface area contributed by atoms with Crippen LogP contribution in [0.2, 0.25) is 0 Å². The van der Waals surface area contributed by atoms with E-state index in [-0.39, 0.29) is 0 Å². The molecular formula is C9H6BrN5. The number of aromatic nitrogens is 3. The summed E-state index contributed by atoms with van der Waals surface area (Å²) in [7, 11) is 0. The van der Waals surface area contributed by atoms with Gasteiger partial charge in [0.2, 0.25) is 0 Å². The zero-order chi connectivity index (χ0) is 10.8. The quantitative estimate of drug-likeness (QED) is 0.819. The van der Waals surface area contributed by atoms with Crippen LogP contribution in [0.3, 0.4) is 0 Å². The molecule has 0 saturated heterocycles. The van der Waals surface area contributed by atoms with Crippen molar-refractivity contribution in [2.75, 3.05) is 5.73 Å². The van der Waals surface area contributed by atoms with Crippen molar-refractivity contribution < 1.29 is 0 Å². The number of nitrogens with zero attached hydrogens (tertiary/aromatic N) is 3. The first-order chi connectivity index (χ1) is 7.22. The third-order valence-electron chi connectivity index (χ3n) is 1.86. The number of anilines is 1. The van der Waals surface area contributed by atoms with Gasteiger partial charge in [0.1, 0.15) is 6.07 Å². The zero-order valence-electron chi connectivity index (χ0n) is 7.53. The van der Waals surface area contributed by atoms with Crippen molar-refractivity contribution in [1.82, 2.24) is 15.2 Å². The fourth-order valence-corrected chi connectivity index (χ4v) is 1.59. The Morgan fingerprint density at radius 1 is 1.47 bits per heavy atom. The molecule has 0 bridgehead atoms. The van der Waals surface area contributed by atoms with E-state index in [0.717, 1.165) is 0 Å². The molecule has 0 saturated carbocycles. The van der Waals surface area contributed by atoms with Gasteiger partial charge in [-0.2, -0.15) is 10.4 Å². The molecule has 0 spiro atoms. The van der Waals surface area contributed by atoms with Crippen LogP contribution < -0.4 is 5.73 Å². The highest BCUT2D eigenvalue weighted by atomic mass is 79.9. The lowest BCUT2D eigenvalue weighted by Crippen LogP contribution is -1.88. The Morgan fingerprint density at radius 2 is 2.27 bits per heavy atom. The van der Waals surface area contributed by atoms with E-state index < -0.39 is 0 Å². The largest absolute Gasteiger partial charge is 0.397 e. The van der Waals surface area contributed by atoms with Gasteiger partial charge in [0.15, 0.2) is 5.69 Å². The second-order valence-electron chi connectivity index (χ2n) is 2.85. The Kier molecular flexibility index (Phi) is 2.39. The SMILES string of the molecule is N#Cc1n[nH]c(-c2ccc(N)cn2)c1Br. The highest BCUT2D eigenvalue weighted by molar-refractivity contribution is 9.10. The zero-order valence-corrected chi connectivity index (χ0v) is 9.12. The lowest BCUT2D eigenvalue weighted by atomic mass is 10.2. The average molecular weight is 264 g/mol. The molecule has 0 unspecified atom stereocenters. The topological polar surface area (TPSA) is 91.4 Å². The van der Waals surface area contributed by atoms with Crippen LogP contribution in [0.1, 0.15) is 5.69 Å². The maximum atomic E-state index is 8.72. The Hall–Kier alpha value is -1.87. The number of aromatic amines is 1. The van der Waals surface area contributed by atoms with Gasteiger partial charge < -0.3 is 5.73 Å². The molecule has 2 rings (SSSR count). The van der Waals surface area contributed by atoms with Gasteiger partial charge in [0, 0.05) is 0 Å². The summed E-state index contributed by atoms with van der Waals surface area (Å²) in [6.07, 6.45) is 1.55. The fraction of sp³-hybridized carbons (Fsp3) is 0. The summed E-state index contributed by atoms with van der Waals surface area (Å²) >= 11 is 3.28. The maximum absolute atomic E-state index is 8.72. The first-order valence-electron chi connectivity index (χ1n) is 4.08. The molecular weight excluding hydrogens is 258 g/mol. The number of nitrogens with one attached hydrogen (secondary N) is 1. The summed E-state index contributed by atoms with van der Waals surface area (Å²) in [6, 6.07) is 5.45. The number of hydrogen-bond donors (Lipinski definition) is 2. The number of pyridine rings is 1. The van der Waals surface area contributed by atoms with Crippen molar-refractivity contribution in [2.24, 2.45) is 0 Å². The van der Waals surface area contributed by atoms with Gasteiger partial charge in [-0.05, 0) is 28.1 Å². The Balaban J connectivity index is 2.51. The van der Waals surface area contributed by atoms with E-state index in [1.165, 1.54) is 0 Å². The molecule has 0 atom stereocenters. The van der Waals surface area contributed by atoms with Crippen LogP contribution in [0.15, 0.2) is 22.8 Å². The van der Waals surface area contributed by atoms with Crippen LogP contribution >= 0.6 is 15.9 Å². The number of halogens is 1. The molecule has 0 aliphatic heterocycles. The van der Waals surface area contributed by atoms with Gasteiger partial charge in [-0.15, -0.1) is 0 Å². The van der Waals surface area contributed by atoms with Gasteiger partial charge in [0.05, 0.1) is 27.7 Å². The minimum atomic E-state index is 0.309. The van der Waals surface area contributed by atoms with Crippen LogP contribution in [0.5, 0.6) is 0 Å². The predicted octanol–water partition coefficient (Wildman–Crippen LogP) is 1.69. The molecule has 74 valence electrons. The molecule has 6 heteroatoms. The Bertz CT molecular complexity index is 522. The fourth-order valence-electron chi connectivity index (χ4n) is 1.13. The van der Waals surface area contributed by atoms with Crippen LogP contribution in [0.4, 0.5) is 5.69 Å². The molecule has 2 aromatic heterocycles. The summed E-state index contributed by atoms with van der Waals surface area (Å²) in [4.78, 5) is 4.12. The Labute approximate surface area is 94.1 Å². The molecule has 0 aliphatic rings. The van der Waals surface area contributed by atoms with Crippen molar-refractivity contribution in [3.63, 3.8) is 0 Å². The van der Waals surface area contributed by atoms with E-state index in [0.29, 0.717) is 27.2 Å². The predicted molar refractivity (Wildman–Crippen MR) is 58.6 cm³/mol. The van der Waals surface area contributed by atoms with Gasteiger partial charge in [0.25, 0.3) is 0 Å². The summed E-state index contributed by atoms with van der Waals surface area (Å²) < 4.78 is 0.613. The van der Waals surface area contributed by atoms with E-state index in [9.17, 15) is 0 Å². The normalized spacial score (nSPS) is 9.87. The molecule has 5 nitrogen and oxygen atoms in total. The van der Waals surface area contributed by atoms with E-state index in [2.05, 4.69) is 31.1 Å². The number of nitrogen functional groups attached to an aromatic ring is 1. The summed E-state index contributed by atoms with van der Waals surface area (Å²) in [5.41, 5.74) is 7.78. The molecule has 0 aliphatic carbocycles. The lowest BCUT2D eigenvalue weighted by molar-refractivity contribution is 1.07. The molecule has 2 aromatic rings. The van der Waals surface area contributed by atoms with E-state index in [1.807, 2.05) is 6.07 Å². The molecule has 0 aromatic carbocycles. The van der Waals surface area contributed by atoms with Crippen molar-refractivity contribution >= 4 is 21.6 Å². The number of nitrogens with two attached hydrogens (primary N) is 1. The van der Waals surface area contributed by atoms with Crippen LogP contribution in [-0.2, 0) is 0 Å². The van der Waals surface area contributed by atoms with Crippen molar-refractivity contribution in [2.45, 2.75) is 0 Å². The molecule has 3 N–H and O–H groups in total. The molecule has 0 radical (unpaired) electrons. The average Bonchev–Trinajstić information content (AvgIpc) is 2.61. The highest BCUT2D eigenvalue weighted by Gasteiger charge is 2.12. The third-order valence-corrected chi connectivity index (χ3v) is 2.63. The standard InChI is InChI=1S/C9H6BrN5/c10-8-7(3-11)14-15-9(8)6-2-1-5(12)4-13-6/h1-2,4H,12H2,(H,14,15). The second kappa shape index (κ2) is 3.71. The van der Waals surface area contributed by atoms with Crippen LogP contribution in [0, 0.1) is 11.3 Å². The summed E-state index contributed by atoms with van der Waals surface area (Å²) in [6.45, 7) is 0. The smallest absolute Gasteiger partial charge is 0.177 e. The van der Waals surface area contributed by atoms with Crippen molar-refractivity contribution in [3.8, 4) is 17.5 Å². The number of hydrogen-bond acceptors (Lipinski definition) is 4. The molecule has 0 fully saturated rings. The molecule has 15 heavy (non-hydrogen) atoms. The highest BCUT2D eigenvalue weighted by Crippen LogP contribution is 2.27. The minimum absolute atomic E-state index is 0.309.